The highest BCUT2D eigenvalue weighted by Crippen LogP contribution is 2.25. The van der Waals surface area contributed by atoms with Crippen molar-refractivity contribution < 1.29 is 13.2 Å². The summed E-state index contributed by atoms with van der Waals surface area (Å²) in [5, 5.41) is 4.05. The third-order valence-electron chi connectivity index (χ3n) is 5.30. The average Bonchev–Trinajstić information content (AvgIpc) is 2.77. The van der Waals surface area contributed by atoms with E-state index in [1.807, 2.05) is 26.0 Å². The maximum absolute atomic E-state index is 13.0. The normalized spacial score (nSPS) is 11.3. The van der Waals surface area contributed by atoms with Gasteiger partial charge in [0.1, 0.15) is 0 Å². The quantitative estimate of drug-likeness (QED) is 0.311. The molecule has 0 heterocycles. The number of sulfonamides is 1. The Morgan fingerprint density at radius 2 is 1.65 bits per heavy atom. The lowest BCUT2D eigenvalue weighted by molar-refractivity contribution is 0.0956. The highest BCUT2D eigenvalue weighted by molar-refractivity contribution is 7.98. The van der Waals surface area contributed by atoms with E-state index in [4.69, 9.17) is 23.2 Å². The van der Waals surface area contributed by atoms with Gasteiger partial charge in [0.2, 0.25) is 0 Å². The van der Waals surface area contributed by atoms with Gasteiger partial charge in [-0.3, -0.25) is 9.52 Å². The van der Waals surface area contributed by atoms with Crippen molar-refractivity contribution in [3.63, 3.8) is 0 Å². The molecule has 34 heavy (non-hydrogen) atoms. The highest BCUT2D eigenvalue weighted by Gasteiger charge is 2.19. The van der Waals surface area contributed by atoms with Crippen LogP contribution in [0.4, 0.5) is 5.69 Å². The Balaban J connectivity index is 1.60. The van der Waals surface area contributed by atoms with Gasteiger partial charge in [0.25, 0.3) is 15.9 Å². The van der Waals surface area contributed by atoms with Crippen LogP contribution in [0.3, 0.4) is 0 Å². The zero-order chi connectivity index (χ0) is 24.9. The maximum Gasteiger partial charge on any atom is 0.262 e. The molecule has 0 aliphatic rings. The number of nitrogens with one attached hydrogen (secondary N) is 2. The van der Waals surface area contributed by atoms with Crippen molar-refractivity contribution in [2.24, 2.45) is 0 Å². The molecule has 9 heteroatoms. The molecule has 0 aliphatic carbocycles. The van der Waals surface area contributed by atoms with Crippen molar-refractivity contribution in [2.75, 3.05) is 17.0 Å². The maximum atomic E-state index is 13.0. The summed E-state index contributed by atoms with van der Waals surface area (Å²) in [6, 6.07) is 15.4. The summed E-state index contributed by atoms with van der Waals surface area (Å²) in [4.78, 5) is 12.7. The van der Waals surface area contributed by atoms with E-state index in [-0.39, 0.29) is 16.4 Å². The van der Waals surface area contributed by atoms with Crippen molar-refractivity contribution >= 4 is 56.6 Å². The largest absolute Gasteiger partial charge is 0.351 e. The zero-order valence-corrected chi connectivity index (χ0v) is 22.3. The number of rotatable bonds is 9. The third-order valence-corrected chi connectivity index (χ3v) is 8.42. The minimum absolute atomic E-state index is 0.0742. The summed E-state index contributed by atoms with van der Waals surface area (Å²) in [5.74, 6) is 1.05. The molecule has 1 amide bonds. The molecule has 0 spiro atoms. The van der Waals surface area contributed by atoms with Crippen LogP contribution in [0.25, 0.3) is 0 Å². The van der Waals surface area contributed by atoms with E-state index < -0.39 is 10.0 Å². The predicted molar refractivity (Wildman–Crippen MR) is 143 cm³/mol. The SMILES string of the molecule is Cc1ccc(NS(=O)(=O)c2cc(C(=O)NCCSCc3ccc(Cl)cc3Cl)ccc2C)cc1C. The molecule has 3 aromatic rings. The molecule has 0 saturated carbocycles. The number of amides is 1. The number of carbonyl (C=O) groups excluding carboxylic acids is 1. The van der Waals surface area contributed by atoms with Crippen molar-refractivity contribution in [1.82, 2.24) is 5.32 Å². The first-order valence-corrected chi connectivity index (χ1v) is 14.0. The fourth-order valence-electron chi connectivity index (χ4n) is 3.21. The van der Waals surface area contributed by atoms with E-state index in [2.05, 4.69) is 10.0 Å². The second-order valence-electron chi connectivity index (χ2n) is 7.93. The molecule has 3 aromatic carbocycles. The summed E-state index contributed by atoms with van der Waals surface area (Å²) in [5.41, 5.74) is 4.37. The number of halogens is 2. The lowest BCUT2D eigenvalue weighted by Crippen LogP contribution is -2.26. The summed E-state index contributed by atoms with van der Waals surface area (Å²) >= 11 is 13.7. The Bertz CT molecular complexity index is 1310. The minimum Gasteiger partial charge on any atom is -0.351 e. The van der Waals surface area contributed by atoms with Crippen LogP contribution >= 0.6 is 35.0 Å². The summed E-state index contributed by atoms with van der Waals surface area (Å²) < 4.78 is 28.6. The molecular weight excluding hydrogens is 511 g/mol. The first kappa shape index (κ1) is 26.4. The van der Waals surface area contributed by atoms with Gasteiger partial charge >= 0.3 is 0 Å². The van der Waals surface area contributed by atoms with Gasteiger partial charge in [-0.15, -0.1) is 0 Å². The van der Waals surface area contributed by atoms with E-state index in [0.717, 1.165) is 16.7 Å². The van der Waals surface area contributed by atoms with E-state index in [1.54, 1.807) is 55.1 Å². The van der Waals surface area contributed by atoms with Crippen LogP contribution in [0.2, 0.25) is 10.0 Å². The fourth-order valence-corrected chi connectivity index (χ4v) is 5.94. The van der Waals surface area contributed by atoms with E-state index in [1.165, 1.54) is 6.07 Å². The van der Waals surface area contributed by atoms with Crippen molar-refractivity contribution in [1.29, 1.82) is 0 Å². The number of hydrogen-bond donors (Lipinski definition) is 2. The van der Waals surface area contributed by atoms with Crippen LogP contribution in [0.1, 0.15) is 32.6 Å². The van der Waals surface area contributed by atoms with Gasteiger partial charge in [-0.05, 0) is 79.4 Å². The van der Waals surface area contributed by atoms with Crippen LogP contribution in [-0.2, 0) is 15.8 Å². The third kappa shape index (κ3) is 6.92. The second-order valence-corrected chi connectivity index (χ2v) is 11.5. The molecule has 0 aliphatic heterocycles. The van der Waals surface area contributed by atoms with E-state index >= 15 is 0 Å². The molecule has 0 fully saturated rings. The molecule has 180 valence electrons. The van der Waals surface area contributed by atoms with Gasteiger partial charge < -0.3 is 5.32 Å². The standard InChI is InChI=1S/C25H26Cl2N2O3S2/c1-16-5-9-22(12-18(16)3)29-34(31,32)24-13-19(6-4-17(24)2)25(30)28-10-11-33-15-20-7-8-21(26)14-23(20)27/h4-9,12-14,29H,10-11,15H2,1-3H3,(H,28,30). The van der Waals surface area contributed by atoms with Gasteiger partial charge in [0.15, 0.2) is 0 Å². The first-order valence-electron chi connectivity index (χ1n) is 10.6. The smallest absolute Gasteiger partial charge is 0.262 e. The molecule has 0 unspecified atom stereocenters. The molecule has 3 rings (SSSR count). The Labute approximate surface area is 215 Å². The van der Waals surface area contributed by atoms with Gasteiger partial charge in [0.05, 0.1) is 4.90 Å². The molecule has 5 nitrogen and oxygen atoms in total. The van der Waals surface area contributed by atoms with Crippen molar-refractivity contribution in [2.45, 2.75) is 31.4 Å². The predicted octanol–water partition coefficient (Wildman–Crippen LogP) is 6.38. The topological polar surface area (TPSA) is 75.3 Å². The Kier molecular flexibility index (Phi) is 8.93. The summed E-state index contributed by atoms with van der Waals surface area (Å²) in [7, 11) is -3.85. The van der Waals surface area contributed by atoms with E-state index in [0.29, 0.717) is 39.3 Å². The lowest BCUT2D eigenvalue weighted by Gasteiger charge is -2.13. The van der Waals surface area contributed by atoms with Gasteiger partial charge in [0, 0.05) is 39.3 Å². The van der Waals surface area contributed by atoms with Crippen molar-refractivity contribution in [3.8, 4) is 0 Å². The van der Waals surface area contributed by atoms with Crippen LogP contribution in [0, 0.1) is 20.8 Å². The molecule has 0 radical (unpaired) electrons. The van der Waals surface area contributed by atoms with Gasteiger partial charge in [-0.2, -0.15) is 11.8 Å². The second kappa shape index (κ2) is 11.5. The number of thioether (sulfide) groups is 1. The van der Waals surface area contributed by atoms with Crippen LogP contribution < -0.4 is 10.0 Å². The number of carbonyl (C=O) groups is 1. The van der Waals surface area contributed by atoms with Crippen LogP contribution in [0.5, 0.6) is 0 Å². The fraction of sp³-hybridized carbons (Fsp3) is 0.240. The summed E-state index contributed by atoms with van der Waals surface area (Å²) in [6.45, 7) is 6.03. The average molecular weight is 538 g/mol. The number of aryl methyl sites for hydroxylation is 3. The lowest BCUT2D eigenvalue weighted by atomic mass is 10.1. The number of anilines is 1. The minimum atomic E-state index is -3.85. The molecule has 0 bridgehead atoms. The van der Waals surface area contributed by atoms with Crippen LogP contribution in [0.15, 0.2) is 59.5 Å². The van der Waals surface area contributed by atoms with Gasteiger partial charge in [-0.1, -0.05) is 41.4 Å². The number of hydrogen-bond acceptors (Lipinski definition) is 4. The molecule has 0 aromatic heterocycles. The van der Waals surface area contributed by atoms with Crippen molar-refractivity contribution in [3.05, 3.63) is 92.5 Å². The molecular formula is C25H26Cl2N2O3S2. The summed E-state index contributed by atoms with van der Waals surface area (Å²) in [6.07, 6.45) is 0. The first-order chi connectivity index (χ1) is 16.1. The molecule has 2 N–H and O–H groups in total. The zero-order valence-electron chi connectivity index (χ0n) is 19.1. The highest BCUT2D eigenvalue weighted by atomic mass is 35.5. The Morgan fingerprint density at radius 3 is 2.35 bits per heavy atom. The monoisotopic (exact) mass is 536 g/mol. The number of benzene rings is 3. The molecule has 0 saturated heterocycles. The Hall–Kier alpha value is -2.19. The van der Waals surface area contributed by atoms with Gasteiger partial charge in [-0.25, -0.2) is 8.42 Å². The Morgan fingerprint density at radius 1 is 0.912 bits per heavy atom. The van der Waals surface area contributed by atoms with Crippen LogP contribution in [-0.4, -0.2) is 26.6 Å². The van der Waals surface area contributed by atoms with E-state index in [9.17, 15) is 13.2 Å². The molecule has 0 atom stereocenters.